The molecule has 0 spiro atoms. The summed E-state index contributed by atoms with van der Waals surface area (Å²) in [5.41, 5.74) is 13.8. The molecule has 1 aromatic carbocycles. The van der Waals surface area contributed by atoms with Crippen LogP contribution in [0.1, 0.15) is 60.5 Å². The van der Waals surface area contributed by atoms with Crippen molar-refractivity contribution in [3.8, 4) is 0 Å². The van der Waals surface area contributed by atoms with Gasteiger partial charge in [-0.2, -0.15) is 5.10 Å². The van der Waals surface area contributed by atoms with Crippen molar-refractivity contribution in [2.45, 2.75) is 60.0 Å². The van der Waals surface area contributed by atoms with Crippen LogP contribution in [0.2, 0.25) is 0 Å². The first-order valence-electron chi connectivity index (χ1n) is 7.88. The van der Waals surface area contributed by atoms with Gasteiger partial charge in [0.2, 0.25) is 0 Å². The highest BCUT2D eigenvalue weighted by Gasteiger charge is 2.18. The average Bonchev–Trinajstić information content (AvgIpc) is 2.80. The number of nitrogens with two attached hydrogens (primary N) is 1. The Morgan fingerprint density at radius 3 is 2.48 bits per heavy atom. The highest BCUT2D eigenvalue weighted by atomic mass is 15.3. The Bertz CT molecular complexity index is 624. The second-order valence-corrected chi connectivity index (χ2v) is 5.89. The third kappa shape index (κ3) is 3.18. The number of rotatable bonds is 5. The molecular weight excluding hydrogens is 258 g/mol. The molecule has 0 aliphatic carbocycles. The van der Waals surface area contributed by atoms with E-state index in [9.17, 15) is 0 Å². The standard InChI is InChI=1S/C18H27N3/c1-6-16-18(14(5)19)17(7-2)21(20-16)11-15-10-12(3)8-9-13(15)4/h8-10,14H,6-7,11,19H2,1-5H3. The summed E-state index contributed by atoms with van der Waals surface area (Å²) < 4.78 is 2.15. The summed E-state index contributed by atoms with van der Waals surface area (Å²) in [5.74, 6) is 0. The zero-order valence-corrected chi connectivity index (χ0v) is 13.9. The van der Waals surface area contributed by atoms with E-state index in [0.29, 0.717) is 0 Å². The molecule has 0 aliphatic rings. The van der Waals surface area contributed by atoms with Crippen LogP contribution in [0.4, 0.5) is 0 Å². The molecular formula is C18H27N3. The SMILES string of the molecule is CCc1nn(Cc2cc(C)ccc2C)c(CC)c1C(C)N. The van der Waals surface area contributed by atoms with E-state index in [1.165, 1.54) is 27.9 Å². The molecule has 2 rings (SSSR count). The highest BCUT2D eigenvalue weighted by Crippen LogP contribution is 2.23. The predicted molar refractivity (Wildman–Crippen MR) is 88.6 cm³/mol. The molecule has 3 heteroatoms. The molecule has 0 fully saturated rings. The van der Waals surface area contributed by atoms with Crippen molar-refractivity contribution in [3.63, 3.8) is 0 Å². The van der Waals surface area contributed by atoms with E-state index in [0.717, 1.165) is 25.1 Å². The molecule has 1 aromatic heterocycles. The molecule has 0 radical (unpaired) electrons. The van der Waals surface area contributed by atoms with Crippen molar-refractivity contribution < 1.29 is 0 Å². The Morgan fingerprint density at radius 1 is 1.19 bits per heavy atom. The molecule has 0 bridgehead atoms. The average molecular weight is 285 g/mol. The highest BCUT2D eigenvalue weighted by molar-refractivity contribution is 5.33. The van der Waals surface area contributed by atoms with Gasteiger partial charge in [-0.05, 0) is 44.7 Å². The van der Waals surface area contributed by atoms with Crippen LogP contribution in [0.25, 0.3) is 0 Å². The number of hydrogen-bond acceptors (Lipinski definition) is 2. The van der Waals surface area contributed by atoms with Crippen LogP contribution in [0, 0.1) is 13.8 Å². The van der Waals surface area contributed by atoms with E-state index in [4.69, 9.17) is 10.8 Å². The predicted octanol–water partition coefficient (Wildman–Crippen LogP) is 3.69. The number of benzene rings is 1. The molecule has 21 heavy (non-hydrogen) atoms. The fourth-order valence-corrected chi connectivity index (χ4v) is 2.99. The van der Waals surface area contributed by atoms with Gasteiger partial charge in [-0.1, -0.05) is 37.6 Å². The molecule has 0 amide bonds. The summed E-state index contributed by atoms with van der Waals surface area (Å²) in [7, 11) is 0. The first kappa shape index (κ1) is 15.8. The molecule has 2 N–H and O–H groups in total. The van der Waals surface area contributed by atoms with Crippen molar-refractivity contribution in [1.29, 1.82) is 0 Å². The van der Waals surface area contributed by atoms with Crippen LogP contribution >= 0.6 is 0 Å². The van der Waals surface area contributed by atoms with Gasteiger partial charge in [0.25, 0.3) is 0 Å². The summed E-state index contributed by atoms with van der Waals surface area (Å²) in [4.78, 5) is 0. The Morgan fingerprint density at radius 2 is 1.90 bits per heavy atom. The Hall–Kier alpha value is -1.61. The molecule has 114 valence electrons. The number of aryl methyl sites for hydroxylation is 3. The molecule has 0 saturated carbocycles. The van der Waals surface area contributed by atoms with E-state index in [-0.39, 0.29) is 6.04 Å². The summed E-state index contributed by atoms with van der Waals surface area (Å²) in [6, 6.07) is 6.65. The van der Waals surface area contributed by atoms with Gasteiger partial charge in [-0.25, -0.2) is 0 Å². The fraction of sp³-hybridized carbons (Fsp3) is 0.500. The molecule has 1 unspecified atom stereocenters. The molecule has 0 saturated heterocycles. The number of hydrogen-bond donors (Lipinski definition) is 1. The third-order valence-electron chi connectivity index (χ3n) is 4.12. The van der Waals surface area contributed by atoms with E-state index < -0.39 is 0 Å². The van der Waals surface area contributed by atoms with Crippen LogP contribution in [0.3, 0.4) is 0 Å². The van der Waals surface area contributed by atoms with E-state index in [2.05, 4.69) is 57.5 Å². The van der Waals surface area contributed by atoms with Crippen LogP contribution in [0.5, 0.6) is 0 Å². The molecule has 2 aromatic rings. The Kier molecular flexibility index (Phi) is 4.84. The van der Waals surface area contributed by atoms with Crippen molar-refractivity contribution in [3.05, 3.63) is 51.8 Å². The Labute approximate surface area is 128 Å². The van der Waals surface area contributed by atoms with Gasteiger partial charge < -0.3 is 5.73 Å². The van der Waals surface area contributed by atoms with Crippen LogP contribution < -0.4 is 5.73 Å². The first-order chi connectivity index (χ1) is 9.97. The maximum Gasteiger partial charge on any atom is 0.0672 e. The molecule has 1 atom stereocenters. The van der Waals surface area contributed by atoms with Crippen LogP contribution in [-0.2, 0) is 19.4 Å². The minimum absolute atomic E-state index is 0.0438. The van der Waals surface area contributed by atoms with Gasteiger partial charge >= 0.3 is 0 Å². The van der Waals surface area contributed by atoms with Gasteiger partial charge in [0.1, 0.15) is 0 Å². The van der Waals surface area contributed by atoms with E-state index >= 15 is 0 Å². The maximum absolute atomic E-state index is 6.17. The van der Waals surface area contributed by atoms with Gasteiger partial charge in [0.05, 0.1) is 12.2 Å². The van der Waals surface area contributed by atoms with Crippen LogP contribution in [0.15, 0.2) is 18.2 Å². The maximum atomic E-state index is 6.17. The lowest BCUT2D eigenvalue weighted by molar-refractivity contribution is 0.635. The minimum atomic E-state index is 0.0438. The second-order valence-electron chi connectivity index (χ2n) is 5.89. The zero-order chi connectivity index (χ0) is 15.6. The minimum Gasteiger partial charge on any atom is -0.324 e. The quantitative estimate of drug-likeness (QED) is 0.910. The number of nitrogens with zero attached hydrogens (tertiary/aromatic N) is 2. The van der Waals surface area contributed by atoms with Crippen molar-refractivity contribution in [2.75, 3.05) is 0 Å². The van der Waals surface area contributed by atoms with Crippen LogP contribution in [-0.4, -0.2) is 9.78 Å². The third-order valence-corrected chi connectivity index (χ3v) is 4.12. The van der Waals surface area contributed by atoms with Crippen molar-refractivity contribution >= 4 is 0 Å². The van der Waals surface area contributed by atoms with Gasteiger partial charge in [0.15, 0.2) is 0 Å². The second kappa shape index (κ2) is 6.44. The molecule has 3 nitrogen and oxygen atoms in total. The van der Waals surface area contributed by atoms with E-state index in [1.54, 1.807) is 0 Å². The first-order valence-corrected chi connectivity index (χ1v) is 7.88. The lowest BCUT2D eigenvalue weighted by Crippen LogP contribution is -2.11. The summed E-state index contributed by atoms with van der Waals surface area (Å²) in [6.07, 6.45) is 1.90. The van der Waals surface area contributed by atoms with Gasteiger partial charge in [-0.3, -0.25) is 4.68 Å². The molecule has 1 heterocycles. The smallest absolute Gasteiger partial charge is 0.0672 e. The normalized spacial score (nSPS) is 12.7. The molecule has 0 aliphatic heterocycles. The van der Waals surface area contributed by atoms with E-state index in [1.807, 2.05) is 0 Å². The van der Waals surface area contributed by atoms with Crippen molar-refractivity contribution in [1.82, 2.24) is 9.78 Å². The lowest BCUT2D eigenvalue weighted by atomic mass is 10.0. The summed E-state index contributed by atoms with van der Waals surface area (Å²) >= 11 is 0. The van der Waals surface area contributed by atoms with Crippen molar-refractivity contribution in [2.24, 2.45) is 5.73 Å². The fourth-order valence-electron chi connectivity index (χ4n) is 2.99. The monoisotopic (exact) mass is 285 g/mol. The topological polar surface area (TPSA) is 43.8 Å². The zero-order valence-electron chi connectivity index (χ0n) is 13.9. The van der Waals surface area contributed by atoms with Gasteiger partial charge in [-0.15, -0.1) is 0 Å². The van der Waals surface area contributed by atoms with Gasteiger partial charge in [0, 0.05) is 17.3 Å². The summed E-state index contributed by atoms with van der Waals surface area (Å²) in [5, 5.41) is 4.82. The lowest BCUT2D eigenvalue weighted by Gasteiger charge is -2.12. The summed E-state index contributed by atoms with van der Waals surface area (Å²) in [6.45, 7) is 11.5. The number of aromatic nitrogens is 2. The Balaban J connectivity index is 2.46. The largest absolute Gasteiger partial charge is 0.324 e.